The number of nitrogen functional groups attached to an aromatic ring is 1. The Bertz CT molecular complexity index is 455. The van der Waals surface area contributed by atoms with Gasteiger partial charge in [-0.3, -0.25) is 4.98 Å². The van der Waals surface area contributed by atoms with Crippen molar-refractivity contribution >= 4 is 28.9 Å². The first kappa shape index (κ1) is 10.6. The number of hydrogen-bond donors (Lipinski definition) is 3. The molecule has 84 valence electrons. The maximum atomic E-state index is 5.57. The number of anilines is 3. The molecule has 0 aromatic carbocycles. The van der Waals surface area contributed by atoms with Crippen LogP contribution in [0.15, 0.2) is 17.8 Å². The average Bonchev–Trinajstić information content (AvgIpc) is 2.78. The van der Waals surface area contributed by atoms with E-state index in [2.05, 4.69) is 25.6 Å². The highest BCUT2D eigenvalue weighted by Crippen LogP contribution is 2.14. The summed E-state index contributed by atoms with van der Waals surface area (Å²) in [5, 5.41) is 6.08. The standard InChI is InChI=1S/C9H12N6S/c1-11-7-2-8(15-9(10)14-7)13-4-6-3-12-5-16-6/h2-3,5H,4H2,1H3,(H4,10,11,13,14,15). The maximum Gasteiger partial charge on any atom is 0.223 e. The van der Waals surface area contributed by atoms with Gasteiger partial charge in [0, 0.05) is 24.2 Å². The molecule has 0 bridgehead atoms. The molecule has 7 heteroatoms. The highest BCUT2D eigenvalue weighted by molar-refractivity contribution is 7.09. The van der Waals surface area contributed by atoms with Gasteiger partial charge >= 0.3 is 0 Å². The third kappa shape index (κ3) is 2.57. The first-order valence-electron chi connectivity index (χ1n) is 4.71. The van der Waals surface area contributed by atoms with Gasteiger partial charge in [0.1, 0.15) is 11.6 Å². The fourth-order valence-electron chi connectivity index (χ4n) is 1.19. The summed E-state index contributed by atoms with van der Waals surface area (Å²) < 4.78 is 0. The Balaban J connectivity index is 2.06. The Morgan fingerprint density at radius 1 is 1.38 bits per heavy atom. The van der Waals surface area contributed by atoms with Gasteiger partial charge in [-0.1, -0.05) is 0 Å². The van der Waals surface area contributed by atoms with Crippen molar-refractivity contribution in [2.45, 2.75) is 6.54 Å². The molecule has 0 spiro atoms. The van der Waals surface area contributed by atoms with Crippen molar-refractivity contribution in [2.24, 2.45) is 0 Å². The summed E-state index contributed by atoms with van der Waals surface area (Å²) in [7, 11) is 1.79. The summed E-state index contributed by atoms with van der Waals surface area (Å²) in [6, 6.07) is 1.80. The van der Waals surface area contributed by atoms with Gasteiger partial charge in [-0.2, -0.15) is 9.97 Å². The zero-order chi connectivity index (χ0) is 11.4. The van der Waals surface area contributed by atoms with E-state index in [1.165, 1.54) is 0 Å². The van der Waals surface area contributed by atoms with Gasteiger partial charge < -0.3 is 16.4 Å². The number of nitrogens with zero attached hydrogens (tertiary/aromatic N) is 3. The molecule has 0 saturated heterocycles. The third-order valence-corrected chi connectivity index (χ3v) is 2.71. The minimum Gasteiger partial charge on any atom is -0.373 e. The van der Waals surface area contributed by atoms with Crippen molar-refractivity contribution in [2.75, 3.05) is 23.4 Å². The van der Waals surface area contributed by atoms with Gasteiger partial charge in [-0.25, -0.2) is 0 Å². The highest BCUT2D eigenvalue weighted by atomic mass is 32.1. The Kier molecular flexibility index (Phi) is 3.16. The Morgan fingerprint density at radius 3 is 2.88 bits per heavy atom. The molecule has 16 heavy (non-hydrogen) atoms. The van der Waals surface area contributed by atoms with Crippen molar-refractivity contribution in [1.82, 2.24) is 15.0 Å². The SMILES string of the molecule is CNc1cc(NCc2cncs2)nc(N)n1. The Morgan fingerprint density at radius 2 is 2.19 bits per heavy atom. The van der Waals surface area contributed by atoms with Gasteiger partial charge in [0.05, 0.1) is 12.1 Å². The minimum absolute atomic E-state index is 0.249. The van der Waals surface area contributed by atoms with E-state index in [1.807, 2.05) is 6.20 Å². The van der Waals surface area contributed by atoms with Crippen molar-refractivity contribution in [3.63, 3.8) is 0 Å². The largest absolute Gasteiger partial charge is 0.373 e. The smallest absolute Gasteiger partial charge is 0.223 e. The summed E-state index contributed by atoms with van der Waals surface area (Å²) in [6.07, 6.45) is 1.82. The Labute approximate surface area is 97.0 Å². The monoisotopic (exact) mass is 236 g/mol. The first-order chi connectivity index (χ1) is 7.78. The van der Waals surface area contributed by atoms with Crippen LogP contribution in [0.25, 0.3) is 0 Å². The molecule has 2 aromatic rings. The Hall–Kier alpha value is -1.89. The summed E-state index contributed by atoms with van der Waals surface area (Å²) >= 11 is 1.59. The van der Waals surface area contributed by atoms with E-state index in [4.69, 9.17) is 5.73 Å². The molecule has 6 nitrogen and oxygen atoms in total. The van der Waals surface area contributed by atoms with Crippen LogP contribution in [0.2, 0.25) is 0 Å². The van der Waals surface area contributed by atoms with Crippen molar-refractivity contribution < 1.29 is 0 Å². The molecule has 2 aromatic heterocycles. The zero-order valence-electron chi connectivity index (χ0n) is 8.77. The van der Waals surface area contributed by atoms with Crippen LogP contribution in [-0.4, -0.2) is 22.0 Å². The van der Waals surface area contributed by atoms with Crippen LogP contribution in [0, 0.1) is 0 Å². The topological polar surface area (TPSA) is 88.8 Å². The van der Waals surface area contributed by atoms with Gasteiger partial charge in [0.25, 0.3) is 0 Å². The number of nitrogens with one attached hydrogen (secondary N) is 2. The number of nitrogens with two attached hydrogens (primary N) is 1. The van der Waals surface area contributed by atoms with Gasteiger partial charge in [-0.15, -0.1) is 11.3 Å². The third-order valence-electron chi connectivity index (χ3n) is 1.93. The van der Waals surface area contributed by atoms with E-state index in [-0.39, 0.29) is 5.95 Å². The molecule has 0 fully saturated rings. The highest BCUT2D eigenvalue weighted by Gasteiger charge is 2.01. The van der Waals surface area contributed by atoms with E-state index < -0.39 is 0 Å². The quantitative estimate of drug-likeness (QED) is 0.738. The first-order valence-corrected chi connectivity index (χ1v) is 5.59. The summed E-state index contributed by atoms with van der Waals surface area (Å²) in [6.45, 7) is 0.685. The lowest BCUT2D eigenvalue weighted by Gasteiger charge is -2.06. The molecule has 0 aliphatic rings. The lowest BCUT2D eigenvalue weighted by Crippen LogP contribution is -2.05. The summed E-state index contributed by atoms with van der Waals surface area (Å²) in [4.78, 5) is 13.2. The normalized spacial score (nSPS) is 10.1. The predicted octanol–water partition coefficient (Wildman–Crippen LogP) is 1.17. The summed E-state index contributed by atoms with van der Waals surface area (Å²) in [5.41, 5.74) is 7.37. The molecule has 0 radical (unpaired) electrons. The maximum absolute atomic E-state index is 5.57. The molecule has 0 aliphatic heterocycles. The van der Waals surface area contributed by atoms with Crippen LogP contribution in [0.5, 0.6) is 0 Å². The fraction of sp³-hybridized carbons (Fsp3) is 0.222. The van der Waals surface area contributed by atoms with E-state index in [1.54, 1.807) is 30.0 Å². The van der Waals surface area contributed by atoms with Gasteiger partial charge in [0.2, 0.25) is 5.95 Å². The van der Waals surface area contributed by atoms with Gasteiger partial charge in [0.15, 0.2) is 0 Å². The second kappa shape index (κ2) is 4.75. The molecular formula is C9H12N6S. The van der Waals surface area contributed by atoms with E-state index >= 15 is 0 Å². The van der Waals surface area contributed by atoms with Crippen molar-refractivity contribution in [3.05, 3.63) is 22.7 Å². The van der Waals surface area contributed by atoms with Crippen LogP contribution >= 0.6 is 11.3 Å². The van der Waals surface area contributed by atoms with Crippen molar-refractivity contribution in [3.8, 4) is 0 Å². The average molecular weight is 236 g/mol. The molecular weight excluding hydrogens is 224 g/mol. The van der Waals surface area contributed by atoms with E-state index in [9.17, 15) is 0 Å². The summed E-state index contributed by atoms with van der Waals surface area (Å²) in [5.74, 6) is 1.64. The van der Waals surface area contributed by atoms with Crippen LogP contribution in [0.4, 0.5) is 17.6 Å². The molecule has 0 unspecified atom stereocenters. The number of aromatic nitrogens is 3. The minimum atomic E-state index is 0.249. The van der Waals surface area contributed by atoms with Crippen LogP contribution < -0.4 is 16.4 Å². The van der Waals surface area contributed by atoms with Crippen LogP contribution in [-0.2, 0) is 6.54 Å². The van der Waals surface area contributed by atoms with Crippen LogP contribution in [0.3, 0.4) is 0 Å². The zero-order valence-corrected chi connectivity index (χ0v) is 9.58. The molecule has 2 heterocycles. The fourth-order valence-corrected chi connectivity index (χ4v) is 1.73. The molecule has 2 rings (SSSR count). The molecule has 4 N–H and O–H groups in total. The number of rotatable bonds is 4. The molecule has 0 amide bonds. The molecule has 0 saturated carbocycles. The molecule has 0 aliphatic carbocycles. The van der Waals surface area contributed by atoms with E-state index in [0.717, 1.165) is 4.88 Å². The number of hydrogen-bond acceptors (Lipinski definition) is 7. The van der Waals surface area contributed by atoms with Crippen molar-refractivity contribution in [1.29, 1.82) is 0 Å². The van der Waals surface area contributed by atoms with Gasteiger partial charge in [-0.05, 0) is 0 Å². The molecule has 0 atom stereocenters. The predicted molar refractivity (Wildman–Crippen MR) is 65.4 cm³/mol. The second-order valence-corrected chi connectivity index (χ2v) is 4.04. The lowest BCUT2D eigenvalue weighted by molar-refractivity contribution is 1.10. The lowest BCUT2D eigenvalue weighted by atomic mass is 10.4. The number of thiazole rings is 1. The van der Waals surface area contributed by atoms with E-state index in [0.29, 0.717) is 18.2 Å². The van der Waals surface area contributed by atoms with Crippen LogP contribution in [0.1, 0.15) is 4.88 Å². The second-order valence-electron chi connectivity index (χ2n) is 3.07.